The Morgan fingerprint density at radius 3 is 2.29 bits per heavy atom. The molecule has 0 saturated heterocycles. The number of benzene rings is 2. The predicted octanol–water partition coefficient (Wildman–Crippen LogP) is 2.89. The van der Waals surface area contributed by atoms with E-state index in [0.29, 0.717) is 10.6 Å². The van der Waals surface area contributed by atoms with Crippen molar-refractivity contribution in [2.24, 2.45) is 0 Å². The molecule has 2 aliphatic rings. The number of fused-ring (bicyclic) bond motifs is 2. The van der Waals surface area contributed by atoms with E-state index in [1.807, 2.05) is 31.2 Å². The van der Waals surface area contributed by atoms with Crippen molar-refractivity contribution < 1.29 is 8.42 Å². The lowest BCUT2D eigenvalue weighted by molar-refractivity contribution is 0.601. The second-order valence-electron chi connectivity index (χ2n) is 3.58. The number of anilines is 1. The van der Waals surface area contributed by atoms with Gasteiger partial charge in [-0.05, 0) is 17.9 Å². The van der Waals surface area contributed by atoms with Crippen LogP contribution in [0.5, 0.6) is 0 Å². The Hall–Kier alpha value is -1.20. The largest absolute Gasteiger partial charge is 0.279 e. The number of sulfonamides is 1. The minimum absolute atomic E-state index is 0.364. The molecule has 0 fully saturated rings. The molecule has 2 aromatic carbocycles. The summed E-state index contributed by atoms with van der Waals surface area (Å²) >= 11 is 3.79. The van der Waals surface area contributed by atoms with E-state index in [9.17, 15) is 8.42 Å². The highest BCUT2D eigenvalue weighted by Gasteiger charge is 2.24. The van der Waals surface area contributed by atoms with Gasteiger partial charge in [0.15, 0.2) is 0 Å². The van der Waals surface area contributed by atoms with E-state index in [2.05, 4.69) is 17.4 Å². The normalized spacial score (nSPS) is 14.9. The first-order chi connectivity index (χ1) is 8.10. The Morgan fingerprint density at radius 2 is 1.71 bits per heavy atom. The molecule has 0 aromatic heterocycles. The lowest BCUT2D eigenvalue weighted by Gasteiger charge is -2.19. The molecule has 0 aliphatic carbocycles. The first-order valence-corrected chi connectivity index (χ1v) is 7.37. The van der Waals surface area contributed by atoms with Gasteiger partial charge in [0.05, 0.1) is 10.6 Å². The van der Waals surface area contributed by atoms with Gasteiger partial charge in [-0.2, -0.15) is 12.6 Å². The van der Waals surface area contributed by atoms with Gasteiger partial charge >= 0.3 is 0 Å². The minimum Gasteiger partial charge on any atom is -0.279 e. The molecule has 2 heterocycles. The summed E-state index contributed by atoms with van der Waals surface area (Å²) in [5, 5.41) is 1.75. The number of nitrogens with one attached hydrogen (secondary N) is 1. The molecule has 0 unspecified atom stereocenters. The highest BCUT2D eigenvalue weighted by atomic mass is 32.2. The summed E-state index contributed by atoms with van der Waals surface area (Å²) in [5.74, 6) is 0.944. The van der Waals surface area contributed by atoms with Gasteiger partial charge in [-0.1, -0.05) is 31.2 Å². The molecular formula is C12H13NO2S2. The molecule has 0 spiro atoms. The Kier molecular flexibility index (Phi) is 3.31. The molecule has 0 amide bonds. The Labute approximate surface area is 106 Å². The van der Waals surface area contributed by atoms with Crippen LogP contribution in [0.25, 0.3) is 10.8 Å². The molecule has 0 radical (unpaired) electrons. The van der Waals surface area contributed by atoms with Gasteiger partial charge in [0.2, 0.25) is 0 Å². The zero-order valence-electron chi connectivity index (χ0n) is 9.34. The van der Waals surface area contributed by atoms with Crippen molar-refractivity contribution in [2.45, 2.75) is 11.8 Å². The van der Waals surface area contributed by atoms with E-state index in [4.69, 9.17) is 0 Å². The fraction of sp³-hybridized carbons (Fsp3) is 0.167. The molecule has 90 valence electrons. The van der Waals surface area contributed by atoms with Gasteiger partial charge in [0.1, 0.15) is 0 Å². The fourth-order valence-electron chi connectivity index (χ4n) is 1.79. The van der Waals surface area contributed by atoms with E-state index in [0.717, 1.165) is 16.5 Å². The Morgan fingerprint density at radius 1 is 1.12 bits per heavy atom. The van der Waals surface area contributed by atoms with Gasteiger partial charge in [0.25, 0.3) is 10.0 Å². The molecule has 5 heteroatoms. The van der Waals surface area contributed by atoms with Gasteiger partial charge in [0, 0.05) is 10.8 Å². The third-order valence-corrected chi connectivity index (χ3v) is 3.84. The minimum atomic E-state index is -3.29. The molecular weight excluding hydrogens is 254 g/mol. The van der Waals surface area contributed by atoms with Gasteiger partial charge in [-0.3, -0.25) is 4.72 Å². The zero-order chi connectivity index (χ0) is 12.5. The van der Waals surface area contributed by atoms with Crippen LogP contribution >= 0.6 is 12.6 Å². The smallest absolute Gasteiger partial charge is 0.262 e. The number of hydrogen-bond acceptors (Lipinski definition) is 3. The maximum atomic E-state index is 11.6. The highest BCUT2D eigenvalue weighted by Crippen LogP contribution is 2.35. The van der Waals surface area contributed by atoms with Crippen molar-refractivity contribution in [2.75, 3.05) is 10.5 Å². The van der Waals surface area contributed by atoms with Crippen LogP contribution in [0.15, 0.2) is 41.3 Å². The van der Waals surface area contributed by atoms with Crippen LogP contribution in [0.1, 0.15) is 6.92 Å². The third kappa shape index (κ3) is 2.12. The third-order valence-electron chi connectivity index (χ3n) is 2.42. The van der Waals surface area contributed by atoms with E-state index in [1.54, 1.807) is 12.1 Å². The number of rotatable bonds is 0. The van der Waals surface area contributed by atoms with Crippen LogP contribution in [-0.2, 0) is 10.0 Å². The van der Waals surface area contributed by atoms with Gasteiger partial charge in [-0.25, -0.2) is 8.42 Å². The Balaban J connectivity index is 0.000000329. The molecule has 0 atom stereocenters. The van der Waals surface area contributed by atoms with Crippen LogP contribution in [0, 0.1) is 0 Å². The van der Waals surface area contributed by atoms with Gasteiger partial charge < -0.3 is 0 Å². The second kappa shape index (κ2) is 4.58. The van der Waals surface area contributed by atoms with E-state index in [-0.39, 0.29) is 0 Å². The maximum Gasteiger partial charge on any atom is 0.262 e. The SMILES string of the molecule is CCS.O=S1(=O)Nc2ccc1c1ccccc21. The molecule has 4 rings (SSSR count). The summed E-state index contributed by atoms with van der Waals surface area (Å²) in [6.07, 6.45) is 0. The van der Waals surface area contributed by atoms with Crippen molar-refractivity contribution in [1.29, 1.82) is 0 Å². The van der Waals surface area contributed by atoms with Crippen molar-refractivity contribution in [1.82, 2.24) is 0 Å². The molecule has 2 bridgehead atoms. The van der Waals surface area contributed by atoms with Crippen LogP contribution in [0.3, 0.4) is 0 Å². The van der Waals surface area contributed by atoms with Crippen molar-refractivity contribution in [3.63, 3.8) is 0 Å². The average Bonchev–Trinajstić information content (AvgIpc) is 2.29. The summed E-state index contributed by atoms with van der Waals surface area (Å²) in [6, 6.07) is 10.9. The molecule has 0 saturated carbocycles. The summed E-state index contributed by atoms with van der Waals surface area (Å²) in [4.78, 5) is 0.364. The van der Waals surface area contributed by atoms with Crippen molar-refractivity contribution >= 4 is 39.1 Å². The lowest BCUT2D eigenvalue weighted by atomic mass is 10.1. The molecule has 2 aromatic rings. The van der Waals surface area contributed by atoms with E-state index >= 15 is 0 Å². The summed E-state index contributed by atoms with van der Waals surface area (Å²) in [6.45, 7) is 1.99. The first-order valence-electron chi connectivity index (χ1n) is 5.25. The van der Waals surface area contributed by atoms with E-state index < -0.39 is 10.0 Å². The first kappa shape index (κ1) is 12.3. The van der Waals surface area contributed by atoms with Crippen molar-refractivity contribution in [3.8, 4) is 0 Å². The standard InChI is InChI=1S/C10H7NO2S.C2H6S/c12-14(13)10-6-5-9(11-14)7-3-1-2-4-8(7)10;1-2-3/h1-6,11H;3H,2H2,1H3. The summed E-state index contributed by atoms with van der Waals surface area (Å²) < 4.78 is 25.7. The van der Waals surface area contributed by atoms with Crippen molar-refractivity contribution in [3.05, 3.63) is 36.4 Å². The van der Waals surface area contributed by atoms with Crippen LogP contribution in [0.4, 0.5) is 5.69 Å². The monoisotopic (exact) mass is 267 g/mol. The predicted molar refractivity (Wildman–Crippen MR) is 74.3 cm³/mol. The average molecular weight is 267 g/mol. The maximum absolute atomic E-state index is 11.6. The molecule has 3 nitrogen and oxygen atoms in total. The van der Waals surface area contributed by atoms with E-state index in [1.165, 1.54) is 0 Å². The molecule has 1 N–H and O–H groups in total. The van der Waals surface area contributed by atoms with Crippen LogP contribution in [0.2, 0.25) is 0 Å². The summed E-state index contributed by atoms with van der Waals surface area (Å²) in [5.41, 5.74) is 0.663. The summed E-state index contributed by atoms with van der Waals surface area (Å²) in [7, 11) is -3.29. The Bertz CT molecular complexity index is 651. The number of thiol groups is 1. The highest BCUT2D eigenvalue weighted by molar-refractivity contribution is 7.93. The van der Waals surface area contributed by atoms with Crippen LogP contribution < -0.4 is 4.72 Å². The van der Waals surface area contributed by atoms with Gasteiger partial charge in [-0.15, -0.1) is 0 Å². The van der Waals surface area contributed by atoms with Crippen LogP contribution in [-0.4, -0.2) is 14.2 Å². The zero-order valence-corrected chi connectivity index (χ0v) is 11.1. The fourth-order valence-corrected chi connectivity index (χ4v) is 3.09. The lowest BCUT2D eigenvalue weighted by Crippen LogP contribution is -2.18. The molecule has 2 aliphatic heterocycles. The quantitative estimate of drug-likeness (QED) is 0.721. The second-order valence-corrected chi connectivity index (χ2v) is 5.86. The molecule has 17 heavy (non-hydrogen) atoms. The number of hydrogen-bond donors (Lipinski definition) is 2. The topological polar surface area (TPSA) is 46.2 Å².